The Labute approximate surface area is 139 Å². The molecule has 3 N–H and O–H groups in total. The molecule has 0 fully saturated rings. The van der Waals surface area contributed by atoms with E-state index in [4.69, 9.17) is 0 Å². The Hall–Kier alpha value is -1.47. The van der Waals surface area contributed by atoms with Crippen LogP contribution in [0, 0.1) is 5.82 Å². The molecule has 0 saturated heterocycles. The Morgan fingerprint density at radius 2 is 1.74 bits per heavy atom. The Kier molecular flexibility index (Phi) is 6.70. The molecule has 23 heavy (non-hydrogen) atoms. The first-order chi connectivity index (χ1) is 10.5. The monoisotopic (exact) mass is 344 g/mol. The van der Waals surface area contributed by atoms with Gasteiger partial charge >= 0.3 is 6.03 Å². The number of hydrogen-bond donors (Lipinski definition) is 3. The Morgan fingerprint density at radius 3 is 2.26 bits per heavy atom. The Bertz CT molecular complexity index is 553. The lowest BCUT2D eigenvalue weighted by molar-refractivity contribution is 0.0593. The number of amides is 2. The van der Waals surface area contributed by atoms with E-state index in [0.717, 1.165) is 0 Å². The molecule has 7 heteroatoms. The van der Waals surface area contributed by atoms with Crippen LogP contribution in [0.1, 0.15) is 33.3 Å². The van der Waals surface area contributed by atoms with Crippen LogP contribution < -0.4 is 10.6 Å². The van der Waals surface area contributed by atoms with Gasteiger partial charge in [0.25, 0.3) is 0 Å². The number of hydrogen-bond acceptors (Lipinski definition) is 3. The summed E-state index contributed by atoms with van der Waals surface area (Å²) in [5, 5.41) is 15.5. The van der Waals surface area contributed by atoms with Gasteiger partial charge in [-0.25, -0.2) is 9.18 Å². The van der Waals surface area contributed by atoms with Gasteiger partial charge in [-0.3, -0.25) is 4.21 Å². The Balaban J connectivity index is 2.40. The smallest absolute Gasteiger partial charge is 0.314 e. The summed E-state index contributed by atoms with van der Waals surface area (Å²) in [7, 11) is -1.03. The number of halogens is 1. The number of aliphatic hydroxyl groups is 1. The molecule has 0 aliphatic carbocycles. The van der Waals surface area contributed by atoms with Gasteiger partial charge in [0, 0.05) is 27.8 Å². The molecule has 1 aromatic carbocycles. The molecular formula is C16H25FN2O3S. The molecule has 0 bridgehead atoms. The fraction of sp³-hybridized carbons (Fsp3) is 0.562. The van der Waals surface area contributed by atoms with Gasteiger partial charge < -0.3 is 15.7 Å². The fourth-order valence-electron chi connectivity index (χ4n) is 1.79. The molecule has 0 aromatic heterocycles. The largest absolute Gasteiger partial charge is 0.384 e. The highest BCUT2D eigenvalue weighted by atomic mass is 32.2. The van der Waals surface area contributed by atoms with Crippen LogP contribution in [-0.2, 0) is 16.4 Å². The van der Waals surface area contributed by atoms with Gasteiger partial charge in [-0.2, -0.15) is 0 Å². The van der Waals surface area contributed by atoms with E-state index in [1.807, 2.05) is 20.8 Å². The second-order valence-corrected chi connectivity index (χ2v) is 8.88. The molecule has 0 radical (unpaired) electrons. The van der Waals surface area contributed by atoms with Crippen molar-refractivity contribution in [3.8, 4) is 0 Å². The first-order valence-electron chi connectivity index (χ1n) is 7.41. The third kappa shape index (κ3) is 6.66. The molecule has 0 saturated carbocycles. The topological polar surface area (TPSA) is 78.4 Å². The quantitative estimate of drug-likeness (QED) is 0.737. The van der Waals surface area contributed by atoms with Gasteiger partial charge in [0.2, 0.25) is 0 Å². The van der Waals surface area contributed by atoms with Crippen LogP contribution in [0.3, 0.4) is 0 Å². The lowest BCUT2D eigenvalue weighted by Gasteiger charge is -2.24. The summed E-state index contributed by atoms with van der Waals surface area (Å²) in [6.07, 6.45) is 0. The summed E-state index contributed by atoms with van der Waals surface area (Å²) in [5.74, 6) is -0.0206. The lowest BCUT2D eigenvalue weighted by atomic mass is 9.96. The van der Waals surface area contributed by atoms with Gasteiger partial charge in [-0.05, 0) is 45.4 Å². The van der Waals surface area contributed by atoms with Crippen molar-refractivity contribution in [2.24, 2.45) is 0 Å². The van der Waals surface area contributed by atoms with Gasteiger partial charge in [0.05, 0.1) is 6.54 Å². The second kappa shape index (κ2) is 7.88. The van der Waals surface area contributed by atoms with Gasteiger partial charge in [0.15, 0.2) is 0 Å². The number of urea groups is 1. The molecule has 130 valence electrons. The average molecular weight is 344 g/mol. The van der Waals surface area contributed by atoms with Crippen LogP contribution >= 0.6 is 0 Å². The Morgan fingerprint density at radius 1 is 1.17 bits per heavy atom. The van der Waals surface area contributed by atoms with Crippen LogP contribution in [0.2, 0.25) is 0 Å². The number of nitrogens with one attached hydrogen (secondary N) is 2. The van der Waals surface area contributed by atoms with E-state index < -0.39 is 22.4 Å². The van der Waals surface area contributed by atoms with Crippen molar-refractivity contribution in [1.29, 1.82) is 0 Å². The standard InChI is InChI=1S/C16H25FN2O3S/c1-15(2,3)23(22)10-9-18-14(20)19-11-16(4,21)12-5-7-13(17)8-6-12/h5-8,21H,9-11H2,1-4H3,(H2,18,19,20). The zero-order chi connectivity index (χ0) is 17.7. The minimum absolute atomic E-state index is 0.0210. The van der Waals surface area contributed by atoms with E-state index >= 15 is 0 Å². The van der Waals surface area contributed by atoms with Gasteiger partial charge in [-0.1, -0.05) is 12.1 Å². The van der Waals surface area contributed by atoms with Crippen LogP contribution in [-0.4, -0.2) is 38.9 Å². The first-order valence-corrected chi connectivity index (χ1v) is 8.73. The number of benzene rings is 1. The molecular weight excluding hydrogens is 319 g/mol. The third-order valence-corrected chi connectivity index (χ3v) is 5.26. The second-order valence-electron chi connectivity index (χ2n) is 6.55. The molecule has 1 rings (SSSR count). The molecule has 0 aliphatic heterocycles. The molecule has 0 spiro atoms. The van der Waals surface area contributed by atoms with Crippen molar-refractivity contribution < 1.29 is 18.5 Å². The van der Waals surface area contributed by atoms with Crippen molar-refractivity contribution in [3.63, 3.8) is 0 Å². The summed E-state index contributed by atoms with van der Waals surface area (Å²) in [6.45, 7) is 7.44. The van der Waals surface area contributed by atoms with Crippen molar-refractivity contribution in [2.45, 2.75) is 38.0 Å². The van der Waals surface area contributed by atoms with Crippen molar-refractivity contribution in [1.82, 2.24) is 10.6 Å². The van der Waals surface area contributed by atoms with E-state index in [1.54, 1.807) is 0 Å². The van der Waals surface area contributed by atoms with Crippen molar-refractivity contribution in [2.75, 3.05) is 18.8 Å². The molecule has 2 atom stereocenters. The average Bonchev–Trinajstić information content (AvgIpc) is 2.44. The summed E-state index contributed by atoms with van der Waals surface area (Å²) < 4.78 is 24.4. The normalized spacial score (nSPS) is 15.6. The van der Waals surface area contributed by atoms with Crippen LogP contribution in [0.15, 0.2) is 24.3 Å². The summed E-state index contributed by atoms with van der Waals surface area (Å²) in [6, 6.07) is 5.01. The highest BCUT2D eigenvalue weighted by Gasteiger charge is 2.24. The van der Waals surface area contributed by atoms with E-state index in [2.05, 4.69) is 10.6 Å². The zero-order valence-electron chi connectivity index (χ0n) is 14.0. The van der Waals surface area contributed by atoms with E-state index in [-0.39, 0.29) is 23.7 Å². The lowest BCUT2D eigenvalue weighted by Crippen LogP contribution is -2.44. The predicted molar refractivity (Wildman–Crippen MR) is 90.1 cm³/mol. The molecule has 5 nitrogen and oxygen atoms in total. The number of rotatable bonds is 6. The minimum Gasteiger partial charge on any atom is -0.384 e. The number of carbonyl (C=O) groups excluding carboxylic acids is 1. The SMILES string of the molecule is CC(O)(CNC(=O)NCCS(=O)C(C)(C)C)c1ccc(F)cc1. The van der Waals surface area contributed by atoms with Crippen molar-refractivity contribution >= 4 is 16.8 Å². The minimum atomic E-state index is -1.31. The summed E-state index contributed by atoms with van der Waals surface area (Å²) in [5.41, 5.74) is -0.799. The maximum absolute atomic E-state index is 12.9. The fourth-order valence-corrected chi connectivity index (χ4v) is 2.69. The predicted octanol–water partition coefficient (Wildman–Crippen LogP) is 1.88. The molecule has 0 heterocycles. The molecule has 2 amide bonds. The van der Waals surface area contributed by atoms with E-state index in [1.165, 1.54) is 31.2 Å². The van der Waals surface area contributed by atoms with Crippen molar-refractivity contribution in [3.05, 3.63) is 35.6 Å². The van der Waals surface area contributed by atoms with Crippen LogP contribution in [0.25, 0.3) is 0 Å². The van der Waals surface area contributed by atoms with Crippen LogP contribution in [0.4, 0.5) is 9.18 Å². The maximum atomic E-state index is 12.9. The third-order valence-electron chi connectivity index (χ3n) is 3.32. The zero-order valence-corrected chi connectivity index (χ0v) is 14.8. The summed E-state index contributed by atoms with van der Waals surface area (Å²) in [4.78, 5) is 11.7. The van der Waals surface area contributed by atoms with E-state index in [0.29, 0.717) is 11.3 Å². The molecule has 0 aliphatic rings. The van der Waals surface area contributed by atoms with Gasteiger partial charge in [-0.15, -0.1) is 0 Å². The highest BCUT2D eigenvalue weighted by Crippen LogP contribution is 2.19. The summed E-state index contributed by atoms with van der Waals surface area (Å²) >= 11 is 0. The van der Waals surface area contributed by atoms with Gasteiger partial charge in [0.1, 0.15) is 11.4 Å². The highest BCUT2D eigenvalue weighted by molar-refractivity contribution is 7.86. The maximum Gasteiger partial charge on any atom is 0.314 e. The van der Waals surface area contributed by atoms with Crippen LogP contribution in [0.5, 0.6) is 0 Å². The van der Waals surface area contributed by atoms with E-state index in [9.17, 15) is 18.5 Å². The first kappa shape index (κ1) is 19.6. The molecule has 2 unspecified atom stereocenters. The number of carbonyl (C=O) groups is 1. The molecule has 1 aromatic rings.